The third-order valence-electron chi connectivity index (χ3n) is 3.90. The maximum absolute atomic E-state index is 13.7. The van der Waals surface area contributed by atoms with E-state index in [1.807, 2.05) is 6.92 Å². The highest BCUT2D eigenvalue weighted by molar-refractivity contribution is 6.30. The van der Waals surface area contributed by atoms with E-state index in [0.717, 1.165) is 26.2 Å². The van der Waals surface area contributed by atoms with Crippen LogP contribution in [0, 0.1) is 5.82 Å². The van der Waals surface area contributed by atoms with E-state index >= 15 is 0 Å². The zero-order chi connectivity index (χ0) is 15.4. The van der Waals surface area contributed by atoms with Crippen LogP contribution < -0.4 is 5.73 Å². The van der Waals surface area contributed by atoms with Crippen molar-refractivity contribution in [2.45, 2.75) is 19.5 Å². The van der Waals surface area contributed by atoms with Crippen molar-refractivity contribution in [2.75, 3.05) is 26.2 Å². The molecule has 5 nitrogen and oxygen atoms in total. The van der Waals surface area contributed by atoms with Crippen molar-refractivity contribution in [2.24, 2.45) is 10.9 Å². The van der Waals surface area contributed by atoms with Crippen molar-refractivity contribution in [3.8, 4) is 0 Å². The first-order valence-electron chi connectivity index (χ1n) is 6.89. The summed E-state index contributed by atoms with van der Waals surface area (Å²) in [5.41, 5.74) is 6.23. The lowest BCUT2D eigenvalue weighted by molar-refractivity contribution is 0.115. The summed E-state index contributed by atoms with van der Waals surface area (Å²) in [5.74, 6) is -0.0174. The highest BCUT2D eigenvalue weighted by atomic mass is 35.5. The van der Waals surface area contributed by atoms with E-state index in [4.69, 9.17) is 22.5 Å². The minimum atomic E-state index is -0.230. The lowest BCUT2D eigenvalue weighted by atomic mass is 10.1. The third-order valence-corrected chi connectivity index (χ3v) is 4.13. The van der Waals surface area contributed by atoms with Crippen LogP contribution in [0.5, 0.6) is 0 Å². The predicted octanol–water partition coefficient (Wildman–Crippen LogP) is 1.73. The Morgan fingerprint density at radius 3 is 2.71 bits per heavy atom. The number of rotatable bonds is 4. The number of halogens is 2. The van der Waals surface area contributed by atoms with Gasteiger partial charge in [0.05, 0.1) is 6.04 Å². The summed E-state index contributed by atoms with van der Waals surface area (Å²) in [5, 5.41) is 12.3. The average molecular weight is 315 g/mol. The monoisotopic (exact) mass is 314 g/mol. The van der Waals surface area contributed by atoms with Crippen LogP contribution in [0.4, 0.5) is 4.39 Å². The zero-order valence-electron chi connectivity index (χ0n) is 12.0. The van der Waals surface area contributed by atoms with Crippen LogP contribution in [0.25, 0.3) is 0 Å². The van der Waals surface area contributed by atoms with E-state index in [1.54, 1.807) is 12.1 Å². The van der Waals surface area contributed by atoms with E-state index in [2.05, 4.69) is 15.0 Å². The molecule has 7 heteroatoms. The van der Waals surface area contributed by atoms with Gasteiger partial charge in [0.2, 0.25) is 0 Å². The Balaban J connectivity index is 1.91. The van der Waals surface area contributed by atoms with E-state index in [1.165, 1.54) is 6.07 Å². The van der Waals surface area contributed by atoms with Gasteiger partial charge < -0.3 is 10.9 Å². The lowest BCUT2D eigenvalue weighted by Gasteiger charge is -2.37. The van der Waals surface area contributed by atoms with E-state index in [0.29, 0.717) is 17.1 Å². The Morgan fingerprint density at radius 2 is 2.10 bits per heavy atom. The van der Waals surface area contributed by atoms with Gasteiger partial charge in [0.15, 0.2) is 5.84 Å². The highest BCUT2D eigenvalue weighted by Gasteiger charge is 2.23. The molecule has 0 saturated carbocycles. The third kappa shape index (κ3) is 4.06. The predicted molar refractivity (Wildman–Crippen MR) is 81.1 cm³/mol. The first kappa shape index (κ1) is 16.0. The van der Waals surface area contributed by atoms with Gasteiger partial charge in [-0.15, -0.1) is 0 Å². The largest absolute Gasteiger partial charge is 0.409 e. The first-order chi connectivity index (χ1) is 10.0. The second-order valence-electron chi connectivity index (χ2n) is 5.25. The Hall–Kier alpha value is -1.37. The molecule has 116 valence electrons. The van der Waals surface area contributed by atoms with Crippen LogP contribution in [0.3, 0.4) is 0 Å². The molecule has 1 saturated heterocycles. The Bertz CT molecular complexity index is 518. The standard InChI is InChI=1S/C14H20ClFN4O/c1-10(14(17)18-21)20-6-4-19(5-7-20)9-11-8-12(15)2-3-13(11)16/h2-3,8,10,21H,4-7,9H2,1H3,(H2,17,18). The summed E-state index contributed by atoms with van der Waals surface area (Å²) in [6.07, 6.45) is 0. The Labute approximate surface area is 128 Å². The minimum absolute atomic E-state index is 0.0972. The van der Waals surface area contributed by atoms with Gasteiger partial charge in [-0.05, 0) is 25.1 Å². The highest BCUT2D eigenvalue weighted by Crippen LogP contribution is 2.18. The number of benzene rings is 1. The van der Waals surface area contributed by atoms with Crippen LogP contribution in [0.15, 0.2) is 23.4 Å². The summed E-state index contributed by atoms with van der Waals surface area (Å²) >= 11 is 5.91. The van der Waals surface area contributed by atoms with E-state index < -0.39 is 0 Å². The number of nitrogens with two attached hydrogens (primary N) is 1. The molecule has 1 fully saturated rings. The second-order valence-corrected chi connectivity index (χ2v) is 5.69. The number of piperazine rings is 1. The van der Waals surface area contributed by atoms with Gasteiger partial charge in [0.25, 0.3) is 0 Å². The van der Waals surface area contributed by atoms with Gasteiger partial charge in [0, 0.05) is 43.3 Å². The molecule has 1 heterocycles. The van der Waals surface area contributed by atoms with Crippen LogP contribution in [0.1, 0.15) is 12.5 Å². The zero-order valence-corrected chi connectivity index (χ0v) is 12.7. The molecule has 1 aliphatic heterocycles. The molecule has 0 spiro atoms. The molecule has 0 aliphatic carbocycles. The Kier molecular flexibility index (Phi) is 5.39. The Morgan fingerprint density at radius 1 is 1.43 bits per heavy atom. The molecule has 21 heavy (non-hydrogen) atoms. The van der Waals surface area contributed by atoms with Crippen LogP contribution in [0.2, 0.25) is 5.02 Å². The van der Waals surface area contributed by atoms with Crippen molar-refractivity contribution in [1.82, 2.24) is 9.80 Å². The van der Waals surface area contributed by atoms with Gasteiger partial charge in [-0.1, -0.05) is 16.8 Å². The van der Waals surface area contributed by atoms with Crippen molar-refractivity contribution >= 4 is 17.4 Å². The SMILES string of the molecule is CC(/C(N)=N/O)N1CCN(Cc2cc(Cl)ccc2F)CC1. The van der Waals surface area contributed by atoms with Crippen molar-refractivity contribution < 1.29 is 9.60 Å². The minimum Gasteiger partial charge on any atom is -0.409 e. The summed E-state index contributed by atoms with van der Waals surface area (Å²) in [4.78, 5) is 4.31. The molecule has 1 atom stereocenters. The molecule has 2 rings (SSSR count). The summed E-state index contributed by atoms with van der Waals surface area (Å²) in [6.45, 7) is 5.63. The normalized spacial score (nSPS) is 19.7. The first-order valence-corrected chi connectivity index (χ1v) is 7.27. The summed E-state index contributed by atoms with van der Waals surface area (Å²) < 4.78 is 13.7. The number of amidine groups is 1. The summed E-state index contributed by atoms with van der Waals surface area (Å²) in [6, 6.07) is 4.52. The van der Waals surface area contributed by atoms with E-state index in [9.17, 15) is 4.39 Å². The maximum atomic E-state index is 13.7. The fraction of sp³-hybridized carbons (Fsp3) is 0.500. The fourth-order valence-electron chi connectivity index (χ4n) is 2.48. The molecule has 0 amide bonds. The van der Waals surface area contributed by atoms with Gasteiger partial charge >= 0.3 is 0 Å². The molecule has 1 aromatic rings. The van der Waals surface area contributed by atoms with Gasteiger partial charge in [0.1, 0.15) is 5.82 Å². The van der Waals surface area contributed by atoms with Gasteiger partial charge in [-0.2, -0.15) is 0 Å². The van der Waals surface area contributed by atoms with Crippen LogP contribution in [-0.2, 0) is 6.54 Å². The fourth-order valence-corrected chi connectivity index (χ4v) is 2.68. The van der Waals surface area contributed by atoms with Crippen molar-refractivity contribution in [1.29, 1.82) is 0 Å². The number of oxime groups is 1. The molecule has 0 aromatic heterocycles. The number of nitrogens with zero attached hydrogens (tertiary/aromatic N) is 3. The smallest absolute Gasteiger partial charge is 0.156 e. The average Bonchev–Trinajstić information content (AvgIpc) is 2.50. The molecule has 1 aromatic carbocycles. The van der Waals surface area contributed by atoms with Crippen molar-refractivity contribution in [3.63, 3.8) is 0 Å². The topological polar surface area (TPSA) is 65.1 Å². The molecular weight excluding hydrogens is 295 g/mol. The molecule has 1 unspecified atom stereocenters. The summed E-state index contributed by atoms with van der Waals surface area (Å²) in [7, 11) is 0. The van der Waals surface area contributed by atoms with Crippen LogP contribution in [-0.4, -0.2) is 53.1 Å². The van der Waals surface area contributed by atoms with Gasteiger partial charge in [-0.25, -0.2) is 4.39 Å². The molecule has 1 aliphatic rings. The van der Waals surface area contributed by atoms with Crippen LogP contribution >= 0.6 is 11.6 Å². The number of hydrogen-bond acceptors (Lipinski definition) is 4. The van der Waals surface area contributed by atoms with Crippen molar-refractivity contribution in [3.05, 3.63) is 34.6 Å². The van der Waals surface area contributed by atoms with E-state index in [-0.39, 0.29) is 17.7 Å². The molecular formula is C14H20ClFN4O. The lowest BCUT2D eigenvalue weighted by Crippen LogP contribution is -2.52. The molecule has 3 N–H and O–H groups in total. The maximum Gasteiger partial charge on any atom is 0.156 e. The molecule has 0 bridgehead atoms. The number of hydrogen-bond donors (Lipinski definition) is 2. The van der Waals surface area contributed by atoms with Gasteiger partial charge in [-0.3, -0.25) is 9.80 Å². The molecule has 0 radical (unpaired) electrons. The second kappa shape index (κ2) is 7.06. The quantitative estimate of drug-likeness (QED) is 0.384.